The molecule has 0 bridgehead atoms. The zero-order valence-corrected chi connectivity index (χ0v) is 12.1. The maximum atomic E-state index is 12.1. The molecule has 2 atom stereocenters. The van der Waals surface area contributed by atoms with E-state index in [9.17, 15) is 9.59 Å². The third kappa shape index (κ3) is 3.61. The molecule has 2 unspecified atom stereocenters. The van der Waals surface area contributed by atoms with E-state index in [1.807, 2.05) is 20.8 Å². The van der Waals surface area contributed by atoms with Crippen molar-refractivity contribution in [1.82, 2.24) is 10.2 Å². The minimum absolute atomic E-state index is 0.0705. The summed E-state index contributed by atoms with van der Waals surface area (Å²) in [4.78, 5) is 25.6. The second-order valence-corrected chi connectivity index (χ2v) is 6.49. The topological polar surface area (TPSA) is 58.6 Å². The van der Waals surface area contributed by atoms with Gasteiger partial charge in [0.05, 0.1) is 0 Å². The highest BCUT2D eigenvalue weighted by Crippen LogP contribution is 2.30. The van der Waals surface area contributed by atoms with Crippen LogP contribution in [-0.4, -0.2) is 42.1 Å². The molecule has 2 heterocycles. The van der Waals surface area contributed by atoms with Crippen LogP contribution in [0.4, 0.5) is 4.79 Å². The molecule has 5 heteroatoms. The highest BCUT2D eigenvalue weighted by Gasteiger charge is 2.35. The van der Waals surface area contributed by atoms with E-state index in [0.29, 0.717) is 19.0 Å². The monoisotopic (exact) mass is 268 g/mol. The summed E-state index contributed by atoms with van der Waals surface area (Å²) in [5.41, 5.74) is -0.465. The number of piperidine rings is 1. The standard InChI is InChI=1S/C14H24N2O3/c1-14(2,3)19-13(18)16-8-5-10-4-7-15-12(17)11(10)6-9-16/h10-11H,4-9H2,1-3H3,(H,15,17). The molecule has 2 aliphatic heterocycles. The molecule has 0 aliphatic carbocycles. The summed E-state index contributed by atoms with van der Waals surface area (Å²) < 4.78 is 5.40. The first-order chi connectivity index (χ1) is 8.87. The number of ether oxygens (including phenoxy) is 1. The number of amides is 2. The molecule has 2 fully saturated rings. The lowest BCUT2D eigenvalue weighted by atomic mass is 9.82. The van der Waals surface area contributed by atoms with Crippen molar-refractivity contribution in [2.45, 2.75) is 45.6 Å². The molecule has 2 aliphatic rings. The molecular weight excluding hydrogens is 244 g/mol. The number of hydrogen-bond donors (Lipinski definition) is 1. The van der Waals surface area contributed by atoms with Gasteiger partial charge in [0.25, 0.3) is 0 Å². The Balaban J connectivity index is 1.96. The minimum atomic E-state index is -0.465. The molecule has 0 aromatic carbocycles. The van der Waals surface area contributed by atoms with E-state index in [2.05, 4.69) is 5.32 Å². The van der Waals surface area contributed by atoms with E-state index in [-0.39, 0.29) is 17.9 Å². The molecule has 0 aromatic heterocycles. The van der Waals surface area contributed by atoms with E-state index in [4.69, 9.17) is 4.74 Å². The van der Waals surface area contributed by atoms with Gasteiger partial charge in [0.15, 0.2) is 0 Å². The van der Waals surface area contributed by atoms with Crippen molar-refractivity contribution < 1.29 is 14.3 Å². The molecule has 108 valence electrons. The van der Waals surface area contributed by atoms with E-state index in [1.54, 1.807) is 4.90 Å². The number of carbonyl (C=O) groups excluding carboxylic acids is 2. The van der Waals surface area contributed by atoms with E-state index in [1.165, 1.54) is 0 Å². The minimum Gasteiger partial charge on any atom is -0.444 e. The summed E-state index contributed by atoms with van der Waals surface area (Å²) in [5.74, 6) is 0.643. The molecule has 0 aromatic rings. The Hall–Kier alpha value is -1.26. The van der Waals surface area contributed by atoms with Gasteiger partial charge in [-0.3, -0.25) is 4.79 Å². The molecule has 1 N–H and O–H groups in total. The van der Waals surface area contributed by atoms with Crippen molar-refractivity contribution >= 4 is 12.0 Å². The smallest absolute Gasteiger partial charge is 0.410 e. The molecule has 0 radical (unpaired) electrons. The van der Waals surface area contributed by atoms with Gasteiger partial charge in [-0.05, 0) is 46.0 Å². The largest absolute Gasteiger partial charge is 0.444 e. The summed E-state index contributed by atoms with van der Waals surface area (Å²) in [6, 6.07) is 0. The second kappa shape index (κ2) is 5.39. The van der Waals surface area contributed by atoms with Crippen LogP contribution in [0.3, 0.4) is 0 Å². The first-order valence-corrected chi connectivity index (χ1v) is 7.12. The summed E-state index contributed by atoms with van der Waals surface area (Å²) in [6.07, 6.45) is 2.41. The number of nitrogens with one attached hydrogen (secondary N) is 1. The Labute approximate surface area is 114 Å². The Bertz CT molecular complexity index is 362. The Kier molecular flexibility index (Phi) is 4.02. The molecule has 2 rings (SSSR count). The van der Waals surface area contributed by atoms with Crippen LogP contribution in [0.25, 0.3) is 0 Å². The average Bonchev–Trinajstić information content (AvgIpc) is 2.50. The van der Waals surface area contributed by atoms with Crippen molar-refractivity contribution in [3.8, 4) is 0 Å². The first kappa shape index (κ1) is 14.2. The second-order valence-electron chi connectivity index (χ2n) is 6.49. The summed E-state index contributed by atoms with van der Waals surface area (Å²) >= 11 is 0. The Morgan fingerprint density at radius 3 is 2.63 bits per heavy atom. The predicted octanol–water partition coefficient (Wildman–Crippen LogP) is 1.77. The highest BCUT2D eigenvalue weighted by molar-refractivity contribution is 5.80. The number of carbonyl (C=O) groups is 2. The van der Waals surface area contributed by atoms with Gasteiger partial charge in [0.1, 0.15) is 5.60 Å². The van der Waals surface area contributed by atoms with Crippen molar-refractivity contribution in [3.05, 3.63) is 0 Å². The van der Waals surface area contributed by atoms with Crippen molar-refractivity contribution in [3.63, 3.8) is 0 Å². The van der Waals surface area contributed by atoms with E-state index < -0.39 is 5.60 Å². The van der Waals surface area contributed by atoms with Gasteiger partial charge in [-0.1, -0.05) is 0 Å². The SMILES string of the molecule is CC(C)(C)OC(=O)N1CCC2CCNC(=O)C2CC1. The van der Waals surface area contributed by atoms with Gasteiger partial charge in [0, 0.05) is 25.6 Å². The fraction of sp³-hybridized carbons (Fsp3) is 0.857. The zero-order valence-electron chi connectivity index (χ0n) is 12.1. The molecule has 2 amide bonds. The normalized spacial score (nSPS) is 28.2. The third-order valence-corrected chi connectivity index (χ3v) is 3.85. The van der Waals surface area contributed by atoms with Crippen LogP contribution in [0.2, 0.25) is 0 Å². The van der Waals surface area contributed by atoms with E-state index in [0.717, 1.165) is 25.8 Å². The average molecular weight is 268 g/mol. The lowest BCUT2D eigenvalue weighted by Crippen LogP contribution is -2.42. The summed E-state index contributed by atoms with van der Waals surface area (Å²) in [6.45, 7) is 7.70. The molecule has 5 nitrogen and oxygen atoms in total. The number of likely N-dealkylation sites (tertiary alicyclic amines) is 1. The molecule has 2 saturated heterocycles. The highest BCUT2D eigenvalue weighted by atomic mass is 16.6. The Morgan fingerprint density at radius 1 is 1.26 bits per heavy atom. The summed E-state index contributed by atoms with van der Waals surface area (Å²) in [5, 5.41) is 2.92. The number of hydrogen-bond acceptors (Lipinski definition) is 3. The maximum absolute atomic E-state index is 12.1. The Morgan fingerprint density at radius 2 is 1.95 bits per heavy atom. The van der Waals surface area contributed by atoms with Gasteiger partial charge < -0.3 is 15.0 Å². The van der Waals surface area contributed by atoms with Crippen molar-refractivity contribution in [1.29, 1.82) is 0 Å². The third-order valence-electron chi connectivity index (χ3n) is 3.85. The van der Waals surface area contributed by atoms with Crippen molar-refractivity contribution in [2.75, 3.05) is 19.6 Å². The van der Waals surface area contributed by atoms with Crippen LogP contribution in [0.15, 0.2) is 0 Å². The number of nitrogens with zero attached hydrogens (tertiary/aromatic N) is 1. The lowest BCUT2D eigenvalue weighted by molar-refractivity contribution is -0.128. The number of rotatable bonds is 0. The van der Waals surface area contributed by atoms with Crippen LogP contribution in [0.1, 0.15) is 40.0 Å². The van der Waals surface area contributed by atoms with Gasteiger partial charge >= 0.3 is 6.09 Å². The molecule has 0 saturated carbocycles. The first-order valence-electron chi connectivity index (χ1n) is 7.12. The van der Waals surface area contributed by atoms with Crippen LogP contribution >= 0.6 is 0 Å². The molecule has 0 spiro atoms. The van der Waals surface area contributed by atoms with Gasteiger partial charge in [0.2, 0.25) is 5.91 Å². The maximum Gasteiger partial charge on any atom is 0.410 e. The van der Waals surface area contributed by atoms with Crippen molar-refractivity contribution in [2.24, 2.45) is 11.8 Å². The lowest BCUT2D eigenvalue weighted by Gasteiger charge is -2.28. The van der Waals surface area contributed by atoms with Crippen LogP contribution in [0.5, 0.6) is 0 Å². The fourth-order valence-corrected chi connectivity index (χ4v) is 2.88. The number of fused-ring (bicyclic) bond motifs is 1. The molecule has 19 heavy (non-hydrogen) atoms. The predicted molar refractivity (Wildman–Crippen MR) is 71.6 cm³/mol. The van der Waals surface area contributed by atoms with Gasteiger partial charge in [-0.25, -0.2) is 4.79 Å². The zero-order chi connectivity index (χ0) is 14.0. The summed E-state index contributed by atoms with van der Waals surface area (Å²) in [7, 11) is 0. The quantitative estimate of drug-likeness (QED) is 0.728. The van der Waals surface area contributed by atoms with Crippen LogP contribution in [0, 0.1) is 11.8 Å². The van der Waals surface area contributed by atoms with Gasteiger partial charge in [-0.15, -0.1) is 0 Å². The molecular formula is C14H24N2O3. The van der Waals surface area contributed by atoms with Gasteiger partial charge in [-0.2, -0.15) is 0 Å². The van der Waals surface area contributed by atoms with Crippen LogP contribution in [-0.2, 0) is 9.53 Å². The fourth-order valence-electron chi connectivity index (χ4n) is 2.88. The van der Waals surface area contributed by atoms with E-state index >= 15 is 0 Å². The van der Waals surface area contributed by atoms with Crippen LogP contribution < -0.4 is 5.32 Å².